The van der Waals surface area contributed by atoms with Crippen LogP contribution in [-0.4, -0.2) is 59.1 Å². The molecule has 1 aromatic carbocycles. The van der Waals surface area contributed by atoms with Gasteiger partial charge in [0.15, 0.2) is 5.16 Å². The normalized spacial score (nSPS) is 11.0. The number of rotatable bonds is 11. The number of carbonyl (C=O) groups excluding carboxylic acids is 1. The zero-order chi connectivity index (χ0) is 23.0. The monoisotopic (exact) mass is 466 g/mol. The molecule has 4 aromatic rings. The van der Waals surface area contributed by atoms with Crippen molar-refractivity contribution in [3.63, 3.8) is 0 Å². The molecule has 0 fully saturated rings. The maximum atomic E-state index is 12.4. The lowest BCUT2D eigenvalue weighted by Gasteiger charge is -2.10. The number of thioether (sulfide) groups is 1. The van der Waals surface area contributed by atoms with Gasteiger partial charge in [0.05, 0.1) is 12.3 Å². The average molecular weight is 467 g/mol. The lowest BCUT2D eigenvalue weighted by molar-refractivity contribution is -0.118. The highest BCUT2D eigenvalue weighted by Crippen LogP contribution is 2.20. The van der Waals surface area contributed by atoms with Crippen molar-refractivity contribution in [2.24, 2.45) is 0 Å². The molecule has 12 heteroatoms. The van der Waals surface area contributed by atoms with E-state index < -0.39 is 0 Å². The molecular weight excluding hydrogens is 440 g/mol. The molecule has 0 unspecified atom stereocenters. The van der Waals surface area contributed by atoms with Crippen molar-refractivity contribution >= 4 is 35.3 Å². The van der Waals surface area contributed by atoms with Crippen LogP contribution in [0.25, 0.3) is 5.78 Å². The van der Waals surface area contributed by atoms with Gasteiger partial charge in [0.2, 0.25) is 17.8 Å². The third kappa shape index (κ3) is 5.77. The molecule has 33 heavy (non-hydrogen) atoms. The highest BCUT2D eigenvalue weighted by Gasteiger charge is 2.15. The Balaban J connectivity index is 1.33. The van der Waals surface area contributed by atoms with Gasteiger partial charge in [0, 0.05) is 32.0 Å². The van der Waals surface area contributed by atoms with E-state index in [0.717, 1.165) is 17.7 Å². The highest BCUT2D eigenvalue weighted by molar-refractivity contribution is 7.99. The quantitative estimate of drug-likeness (QED) is 0.285. The largest absolute Gasteiger partial charge is 0.355 e. The van der Waals surface area contributed by atoms with Gasteiger partial charge in [-0.25, -0.2) is 4.40 Å². The number of hydrogen-bond donors (Lipinski definition) is 3. The second kappa shape index (κ2) is 10.8. The van der Waals surface area contributed by atoms with Crippen LogP contribution in [0.1, 0.15) is 25.0 Å². The Morgan fingerprint density at radius 1 is 1.03 bits per heavy atom. The van der Waals surface area contributed by atoms with Crippen LogP contribution in [0.5, 0.6) is 0 Å². The summed E-state index contributed by atoms with van der Waals surface area (Å²) in [5, 5.41) is 22.3. The summed E-state index contributed by atoms with van der Waals surface area (Å²) in [6.45, 7) is 6.51. The van der Waals surface area contributed by atoms with Gasteiger partial charge in [-0.1, -0.05) is 36.0 Å². The number of carbonyl (C=O) groups is 1. The third-order valence-corrected chi connectivity index (χ3v) is 5.59. The molecule has 0 aliphatic carbocycles. The number of amides is 1. The molecule has 1 amide bonds. The summed E-state index contributed by atoms with van der Waals surface area (Å²) in [7, 11) is 0. The Kier molecular flexibility index (Phi) is 7.35. The fourth-order valence-electron chi connectivity index (χ4n) is 3.12. The van der Waals surface area contributed by atoms with Gasteiger partial charge < -0.3 is 16.0 Å². The highest BCUT2D eigenvalue weighted by atomic mass is 32.2. The zero-order valence-corrected chi connectivity index (χ0v) is 19.3. The molecule has 172 valence electrons. The molecule has 0 aliphatic rings. The predicted octanol–water partition coefficient (Wildman–Crippen LogP) is 2.04. The second-order valence-electron chi connectivity index (χ2n) is 7.14. The first-order valence-electron chi connectivity index (χ1n) is 10.7. The van der Waals surface area contributed by atoms with Crippen LogP contribution < -0.4 is 16.0 Å². The first kappa shape index (κ1) is 22.5. The van der Waals surface area contributed by atoms with Crippen LogP contribution in [-0.2, 0) is 17.9 Å². The Morgan fingerprint density at radius 3 is 2.55 bits per heavy atom. The maximum Gasteiger partial charge on any atom is 0.261 e. The van der Waals surface area contributed by atoms with Gasteiger partial charge in [0.1, 0.15) is 0 Å². The smallest absolute Gasteiger partial charge is 0.261 e. The molecule has 0 aliphatic heterocycles. The Hall–Kier alpha value is -3.67. The number of aromatic nitrogens is 7. The summed E-state index contributed by atoms with van der Waals surface area (Å²) in [6.07, 6.45) is 3.69. The topological polar surface area (TPSA) is 127 Å². The fourth-order valence-corrected chi connectivity index (χ4v) is 3.88. The first-order valence-corrected chi connectivity index (χ1v) is 11.7. The molecule has 0 radical (unpaired) electrons. The zero-order valence-electron chi connectivity index (χ0n) is 18.5. The van der Waals surface area contributed by atoms with Crippen molar-refractivity contribution in [2.45, 2.75) is 32.1 Å². The van der Waals surface area contributed by atoms with E-state index in [4.69, 9.17) is 0 Å². The molecule has 11 nitrogen and oxygen atoms in total. The fraction of sp³-hybridized carbons (Fsp3) is 0.333. The molecule has 3 heterocycles. The van der Waals surface area contributed by atoms with Gasteiger partial charge in [-0.3, -0.25) is 9.48 Å². The summed E-state index contributed by atoms with van der Waals surface area (Å²) in [5.74, 6) is 1.61. The standard InChI is InChI=1S/C21H26N10OS/c1-3-22-18-26-19(23-4-2)31-20(27-18)28-29-21(31)33-14-17(32)24-12-15-6-8-16(9-7-15)13-30-11-5-10-25-30/h5-11H,3-4,12-14H2,1-2H3,(H,24,32)(H2,22,23,26,27,28). The molecule has 0 saturated heterocycles. The minimum Gasteiger partial charge on any atom is -0.355 e. The van der Waals surface area contributed by atoms with Crippen LogP contribution in [0.4, 0.5) is 11.9 Å². The molecule has 0 atom stereocenters. The Morgan fingerprint density at radius 2 is 1.82 bits per heavy atom. The van der Waals surface area contributed by atoms with Crippen LogP contribution >= 0.6 is 11.8 Å². The summed E-state index contributed by atoms with van der Waals surface area (Å²) in [6, 6.07) is 10.0. The van der Waals surface area contributed by atoms with Crippen molar-refractivity contribution in [1.29, 1.82) is 0 Å². The van der Waals surface area contributed by atoms with E-state index in [1.165, 1.54) is 11.8 Å². The number of hydrogen-bond acceptors (Lipinski definition) is 9. The van der Waals surface area contributed by atoms with E-state index in [0.29, 0.717) is 42.5 Å². The van der Waals surface area contributed by atoms with E-state index >= 15 is 0 Å². The van der Waals surface area contributed by atoms with Gasteiger partial charge in [-0.2, -0.15) is 15.1 Å². The average Bonchev–Trinajstić information content (AvgIpc) is 3.48. The number of nitrogens with zero attached hydrogens (tertiary/aromatic N) is 7. The van der Waals surface area contributed by atoms with E-state index in [9.17, 15) is 4.79 Å². The summed E-state index contributed by atoms with van der Waals surface area (Å²) in [5.41, 5.74) is 2.18. The van der Waals surface area contributed by atoms with Gasteiger partial charge >= 0.3 is 0 Å². The summed E-state index contributed by atoms with van der Waals surface area (Å²) >= 11 is 1.29. The minimum atomic E-state index is -0.0902. The first-order chi connectivity index (χ1) is 16.2. The number of anilines is 2. The van der Waals surface area contributed by atoms with Gasteiger partial charge in [0.25, 0.3) is 5.78 Å². The third-order valence-electron chi connectivity index (χ3n) is 4.66. The van der Waals surface area contributed by atoms with Crippen molar-refractivity contribution in [3.8, 4) is 0 Å². The molecule has 0 spiro atoms. The molecule has 4 rings (SSSR count). The SMILES string of the molecule is CCNc1nc(NCC)n2c(SCC(=O)NCc3ccc(Cn4cccn4)cc3)nnc2n1. The lowest BCUT2D eigenvalue weighted by atomic mass is 10.1. The molecule has 3 aromatic heterocycles. The van der Waals surface area contributed by atoms with Crippen molar-refractivity contribution in [3.05, 3.63) is 53.9 Å². The number of benzene rings is 1. The second-order valence-corrected chi connectivity index (χ2v) is 8.08. The Labute approximate surface area is 195 Å². The van der Waals surface area contributed by atoms with E-state index in [2.05, 4.69) is 41.2 Å². The Bertz CT molecular complexity index is 1190. The molecule has 0 saturated carbocycles. The van der Waals surface area contributed by atoms with Crippen LogP contribution in [0.3, 0.4) is 0 Å². The number of nitrogens with one attached hydrogen (secondary N) is 3. The van der Waals surface area contributed by atoms with Gasteiger partial charge in [-0.05, 0) is 31.0 Å². The van der Waals surface area contributed by atoms with E-state index in [-0.39, 0.29) is 11.7 Å². The van der Waals surface area contributed by atoms with E-state index in [1.807, 2.05) is 55.1 Å². The van der Waals surface area contributed by atoms with Crippen LogP contribution in [0, 0.1) is 0 Å². The minimum absolute atomic E-state index is 0.0902. The molecular formula is C21H26N10OS. The summed E-state index contributed by atoms with van der Waals surface area (Å²) < 4.78 is 3.59. The predicted molar refractivity (Wildman–Crippen MR) is 127 cm³/mol. The van der Waals surface area contributed by atoms with Crippen molar-refractivity contribution in [2.75, 3.05) is 29.5 Å². The van der Waals surface area contributed by atoms with Crippen LogP contribution in [0.15, 0.2) is 47.9 Å². The van der Waals surface area contributed by atoms with Crippen molar-refractivity contribution in [1.82, 2.24) is 39.7 Å². The molecule has 0 bridgehead atoms. The summed E-state index contributed by atoms with van der Waals surface area (Å²) in [4.78, 5) is 21.3. The lowest BCUT2D eigenvalue weighted by Crippen LogP contribution is -2.24. The van der Waals surface area contributed by atoms with Crippen molar-refractivity contribution < 1.29 is 4.79 Å². The maximum absolute atomic E-state index is 12.4. The van der Waals surface area contributed by atoms with Crippen LogP contribution in [0.2, 0.25) is 0 Å². The molecule has 3 N–H and O–H groups in total. The van der Waals surface area contributed by atoms with Gasteiger partial charge in [-0.15, -0.1) is 10.2 Å². The number of fused-ring (bicyclic) bond motifs is 1. The van der Waals surface area contributed by atoms with E-state index in [1.54, 1.807) is 10.6 Å².